The molecule has 0 aliphatic carbocycles. The fraction of sp³-hybridized carbons (Fsp3) is 0.259. The molecular weight excluding hydrogens is 598 g/mol. The topological polar surface area (TPSA) is 122 Å². The second-order valence-electron chi connectivity index (χ2n) is 9.13. The maximum absolute atomic E-state index is 14.5. The Balaban J connectivity index is 1.92. The van der Waals surface area contributed by atoms with E-state index in [0.717, 1.165) is 42.2 Å². The lowest BCUT2D eigenvalue weighted by Crippen LogP contribution is -2.47. The second-order valence-corrected chi connectivity index (χ2v) is 9.53. The van der Waals surface area contributed by atoms with E-state index in [9.17, 15) is 41.0 Å². The van der Waals surface area contributed by atoms with E-state index in [0.29, 0.717) is 6.08 Å². The van der Waals surface area contributed by atoms with Crippen LogP contribution < -0.4 is 20.1 Å². The molecule has 0 saturated heterocycles. The molecule has 0 saturated carbocycles. The minimum atomic E-state index is -5.22. The highest BCUT2D eigenvalue weighted by atomic mass is 35.5. The third-order valence-corrected chi connectivity index (χ3v) is 6.82. The van der Waals surface area contributed by atoms with Gasteiger partial charge in [-0.15, -0.1) is 0 Å². The van der Waals surface area contributed by atoms with Gasteiger partial charge in [0.2, 0.25) is 0 Å². The van der Waals surface area contributed by atoms with Crippen molar-refractivity contribution in [3.05, 3.63) is 88.3 Å². The van der Waals surface area contributed by atoms with E-state index >= 15 is 0 Å². The highest BCUT2D eigenvalue weighted by molar-refractivity contribution is 6.31. The number of amides is 1. The summed E-state index contributed by atoms with van der Waals surface area (Å²) >= 11 is 6.26. The van der Waals surface area contributed by atoms with E-state index in [2.05, 4.69) is 6.58 Å². The number of benzene rings is 2. The maximum atomic E-state index is 14.5. The summed E-state index contributed by atoms with van der Waals surface area (Å²) in [5.41, 5.74) is -2.47. The number of halogens is 7. The first kappa shape index (κ1) is 32.3. The summed E-state index contributed by atoms with van der Waals surface area (Å²) in [4.78, 5) is 24.3. The van der Waals surface area contributed by atoms with E-state index in [1.165, 1.54) is 19.2 Å². The Bertz CT molecular complexity index is 1490. The number of rotatable bonds is 8. The Morgan fingerprint density at radius 3 is 2.36 bits per heavy atom. The average Bonchev–Trinajstić information content (AvgIpc) is 2.88. The number of nitrogens with two attached hydrogens (primary N) is 1. The number of allylic oxidation sites excluding steroid dienone is 2. The fourth-order valence-electron chi connectivity index (χ4n) is 4.11. The van der Waals surface area contributed by atoms with Gasteiger partial charge in [0.1, 0.15) is 23.0 Å². The number of aliphatic carboxylic acids is 1. The van der Waals surface area contributed by atoms with Crippen LogP contribution in [0.1, 0.15) is 24.0 Å². The molecule has 2 aromatic rings. The number of aliphatic hydroxyl groups is 1. The molecule has 4 N–H and O–H groups in total. The molecular formula is C27H23ClF6N2O6. The summed E-state index contributed by atoms with van der Waals surface area (Å²) in [6.07, 6.45) is -9.02. The second kappa shape index (κ2) is 11.6. The lowest BCUT2D eigenvalue weighted by Gasteiger charge is -2.38. The van der Waals surface area contributed by atoms with Crippen molar-refractivity contribution in [3.63, 3.8) is 0 Å². The number of likely N-dealkylation sites (N-methyl/N-ethyl adjacent to an activating group) is 1. The van der Waals surface area contributed by atoms with E-state index < -0.39 is 52.6 Å². The van der Waals surface area contributed by atoms with Crippen LogP contribution in [0.15, 0.2) is 72.2 Å². The largest absolute Gasteiger partial charge is 0.482 e. The standard InChI is InChI=1S/C27H23ClF6N2O6/c1-13(4-7-18(24(38)39)23(35)26(29,30)31)42-16-6-8-17(19(28)11-16)14(2)25(40,27(32,33)34)15-5-9-21-20(10-15)36(3)22(37)12-41-21/h4-11,14,40H,1,12,35H2,2-3H3,(H,38,39)/b7-4-,23-18+/t14-,25-/m1/s1. The molecule has 1 amide bonds. The molecule has 2 atom stereocenters. The molecule has 8 nitrogen and oxygen atoms in total. The Morgan fingerprint density at radius 1 is 1.17 bits per heavy atom. The van der Waals surface area contributed by atoms with Crippen LogP contribution in [-0.2, 0) is 15.2 Å². The van der Waals surface area contributed by atoms with Gasteiger partial charge in [-0.2, -0.15) is 26.3 Å². The summed E-state index contributed by atoms with van der Waals surface area (Å²) in [7, 11) is 1.35. The number of carboxylic acids is 1. The Hall–Kier alpha value is -4.17. The van der Waals surface area contributed by atoms with Crippen LogP contribution in [0.25, 0.3) is 0 Å². The van der Waals surface area contributed by atoms with Crippen LogP contribution in [-0.4, -0.2) is 48.1 Å². The summed E-state index contributed by atoms with van der Waals surface area (Å²) in [6, 6.07) is 6.62. The first-order chi connectivity index (χ1) is 19.3. The monoisotopic (exact) mass is 620 g/mol. The highest BCUT2D eigenvalue weighted by Crippen LogP contribution is 2.51. The van der Waals surface area contributed by atoms with Gasteiger partial charge in [-0.05, 0) is 47.5 Å². The van der Waals surface area contributed by atoms with Crippen molar-refractivity contribution < 1.29 is 55.6 Å². The molecule has 15 heteroatoms. The molecule has 3 rings (SSSR count). The average molecular weight is 621 g/mol. The number of carbonyl (C=O) groups excluding carboxylic acids is 1. The molecule has 1 heterocycles. The number of ether oxygens (including phenoxy) is 2. The summed E-state index contributed by atoms with van der Waals surface area (Å²) < 4.78 is 92.4. The SMILES string of the molecule is C=C(/C=C\C(C(=O)O)=C(/N)C(F)(F)F)Oc1ccc([C@@H](C)[C@@](O)(c2ccc3c(c2)N(C)C(=O)CO3)C(F)(F)F)c(Cl)c1. The third-order valence-electron chi connectivity index (χ3n) is 6.49. The Labute approximate surface area is 239 Å². The van der Waals surface area contributed by atoms with Crippen LogP contribution in [0.2, 0.25) is 5.02 Å². The zero-order chi connectivity index (χ0) is 31.8. The van der Waals surface area contributed by atoms with E-state index in [1.54, 1.807) is 0 Å². The number of hydrogen-bond donors (Lipinski definition) is 3. The number of carboxylic acid groups (broad SMARTS) is 1. The predicted octanol–water partition coefficient (Wildman–Crippen LogP) is 5.56. The number of fused-ring (bicyclic) bond motifs is 1. The van der Waals surface area contributed by atoms with Gasteiger partial charge in [0.25, 0.3) is 5.91 Å². The maximum Gasteiger partial charge on any atom is 0.431 e. The van der Waals surface area contributed by atoms with Crippen molar-refractivity contribution in [1.29, 1.82) is 0 Å². The number of anilines is 1. The normalized spacial score (nSPS) is 16.7. The predicted molar refractivity (Wildman–Crippen MR) is 139 cm³/mol. The van der Waals surface area contributed by atoms with Crippen molar-refractivity contribution in [2.45, 2.75) is 30.8 Å². The van der Waals surface area contributed by atoms with Gasteiger partial charge in [-0.3, -0.25) is 4.79 Å². The van der Waals surface area contributed by atoms with E-state index in [1.807, 2.05) is 0 Å². The molecule has 1 aliphatic rings. The molecule has 0 aromatic heterocycles. The quantitative estimate of drug-likeness (QED) is 0.153. The molecule has 42 heavy (non-hydrogen) atoms. The van der Waals surface area contributed by atoms with E-state index in [-0.39, 0.29) is 40.1 Å². The van der Waals surface area contributed by atoms with Gasteiger partial charge in [-0.1, -0.05) is 37.2 Å². The molecule has 0 fully saturated rings. The lowest BCUT2D eigenvalue weighted by atomic mass is 9.77. The van der Waals surface area contributed by atoms with Crippen molar-refractivity contribution in [2.24, 2.45) is 5.73 Å². The summed E-state index contributed by atoms with van der Waals surface area (Å²) in [5.74, 6) is -4.49. The molecule has 0 bridgehead atoms. The number of alkyl halides is 6. The van der Waals surface area contributed by atoms with Crippen LogP contribution in [0.5, 0.6) is 11.5 Å². The van der Waals surface area contributed by atoms with Gasteiger partial charge in [0.05, 0.1) is 11.3 Å². The van der Waals surface area contributed by atoms with Crippen molar-refractivity contribution in [1.82, 2.24) is 0 Å². The highest BCUT2D eigenvalue weighted by Gasteiger charge is 2.59. The molecule has 0 radical (unpaired) electrons. The minimum Gasteiger partial charge on any atom is -0.482 e. The van der Waals surface area contributed by atoms with Gasteiger partial charge in [0.15, 0.2) is 12.2 Å². The minimum absolute atomic E-state index is 0.0259. The smallest absolute Gasteiger partial charge is 0.431 e. The Morgan fingerprint density at radius 2 is 1.81 bits per heavy atom. The van der Waals surface area contributed by atoms with Gasteiger partial charge in [-0.25, -0.2) is 4.79 Å². The third kappa shape index (κ3) is 6.34. The van der Waals surface area contributed by atoms with Crippen molar-refractivity contribution >= 4 is 29.2 Å². The van der Waals surface area contributed by atoms with E-state index in [4.69, 9.17) is 31.9 Å². The number of nitrogens with zero attached hydrogens (tertiary/aromatic N) is 1. The van der Waals surface area contributed by atoms with Gasteiger partial charge >= 0.3 is 18.3 Å². The molecule has 226 valence electrons. The van der Waals surface area contributed by atoms with Crippen LogP contribution in [0, 0.1) is 0 Å². The van der Waals surface area contributed by atoms with Crippen LogP contribution >= 0.6 is 11.6 Å². The zero-order valence-electron chi connectivity index (χ0n) is 21.8. The first-order valence-electron chi connectivity index (χ1n) is 11.8. The van der Waals surface area contributed by atoms with Crippen LogP contribution in [0.4, 0.5) is 32.0 Å². The zero-order valence-corrected chi connectivity index (χ0v) is 22.6. The Kier molecular flexibility index (Phi) is 8.94. The van der Waals surface area contributed by atoms with Crippen LogP contribution in [0.3, 0.4) is 0 Å². The molecule has 0 unspecified atom stereocenters. The number of hydrogen-bond acceptors (Lipinski definition) is 6. The summed E-state index contributed by atoms with van der Waals surface area (Å²) in [6.45, 7) is 4.22. The molecule has 2 aromatic carbocycles. The molecule has 1 aliphatic heterocycles. The first-order valence-corrected chi connectivity index (χ1v) is 12.1. The lowest BCUT2D eigenvalue weighted by molar-refractivity contribution is -0.274. The summed E-state index contributed by atoms with van der Waals surface area (Å²) in [5, 5.41) is 19.9. The van der Waals surface area contributed by atoms with Crippen molar-refractivity contribution in [2.75, 3.05) is 18.6 Å². The number of carbonyl (C=O) groups is 2. The van der Waals surface area contributed by atoms with Crippen molar-refractivity contribution in [3.8, 4) is 11.5 Å². The van der Waals surface area contributed by atoms with Gasteiger partial charge < -0.3 is 30.3 Å². The molecule has 0 spiro atoms. The fourth-order valence-corrected chi connectivity index (χ4v) is 4.44. The van der Waals surface area contributed by atoms with Gasteiger partial charge in [0, 0.05) is 18.0 Å².